The molecule has 0 aliphatic rings. The number of ether oxygens (including phenoxy) is 1. The number of methoxy groups -OCH3 is 1. The highest BCUT2D eigenvalue weighted by Gasteiger charge is 2.09. The van der Waals surface area contributed by atoms with E-state index in [9.17, 15) is 0 Å². The van der Waals surface area contributed by atoms with Gasteiger partial charge in [-0.15, -0.1) is 11.3 Å². The Morgan fingerprint density at radius 2 is 1.95 bits per heavy atom. The molecule has 0 saturated carbocycles. The first-order chi connectivity index (χ1) is 9.01. The number of halogens is 1. The summed E-state index contributed by atoms with van der Waals surface area (Å²) in [5.41, 5.74) is 3.59. The molecule has 0 bridgehead atoms. The van der Waals surface area contributed by atoms with Crippen LogP contribution in [0.1, 0.15) is 20.9 Å². The molecule has 0 aliphatic heterocycles. The van der Waals surface area contributed by atoms with Gasteiger partial charge in [0.2, 0.25) is 0 Å². The number of nitrogens with one attached hydrogen (secondary N) is 1. The first-order valence-corrected chi connectivity index (χ1v) is 7.76. The maximum absolute atomic E-state index is 5.44. The van der Waals surface area contributed by atoms with Crippen molar-refractivity contribution in [3.8, 4) is 5.75 Å². The smallest absolute Gasteiger partial charge is 0.143 e. The molecule has 1 aromatic carbocycles. The van der Waals surface area contributed by atoms with Gasteiger partial charge in [0.25, 0.3) is 0 Å². The SMILES string of the molecule is COc1cc(Br)cc(C)c1NCc1cc(C)sc1C. The van der Waals surface area contributed by atoms with E-state index >= 15 is 0 Å². The monoisotopic (exact) mass is 339 g/mol. The average molecular weight is 340 g/mol. The standard InChI is InChI=1S/C15H18BrNOS/c1-9-5-13(16)7-14(18-4)15(9)17-8-12-6-10(2)19-11(12)3/h5-7,17H,8H2,1-4H3. The Labute approximate surface area is 126 Å². The molecular formula is C15H18BrNOS. The molecule has 2 aromatic rings. The van der Waals surface area contributed by atoms with Gasteiger partial charge in [-0.2, -0.15) is 0 Å². The van der Waals surface area contributed by atoms with Crippen LogP contribution < -0.4 is 10.1 Å². The molecular weight excluding hydrogens is 322 g/mol. The van der Waals surface area contributed by atoms with Crippen molar-refractivity contribution in [1.82, 2.24) is 0 Å². The molecule has 2 nitrogen and oxygen atoms in total. The van der Waals surface area contributed by atoms with Crippen LogP contribution in [0.2, 0.25) is 0 Å². The van der Waals surface area contributed by atoms with Crippen molar-refractivity contribution >= 4 is 33.0 Å². The Bertz CT molecular complexity index is 592. The van der Waals surface area contributed by atoms with Gasteiger partial charge in [-0.3, -0.25) is 0 Å². The van der Waals surface area contributed by atoms with E-state index in [1.165, 1.54) is 20.9 Å². The normalized spacial score (nSPS) is 10.6. The molecule has 0 spiro atoms. The van der Waals surface area contributed by atoms with Crippen LogP contribution in [0.15, 0.2) is 22.7 Å². The van der Waals surface area contributed by atoms with E-state index in [-0.39, 0.29) is 0 Å². The van der Waals surface area contributed by atoms with E-state index in [2.05, 4.69) is 54.2 Å². The van der Waals surface area contributed by atoms with Gasteiger partial charge in [0.05, 0.1) is 12.8 Å². The lowest BCUT2D eigenvalue weighted by molar-refractivity contribution is 0.416. The Morgan fingerprint density at radius 1 is 1.21 bits per heavy atom. The zero-order valence-corrected chi connectivity index (χ0v) is 14.0. The Kier molecular flexibility index (Phi) is 4.53. The van der Waals surface area contributed by atoms with Gasteiger partial charge < -0.3 is 10.1 Å². The molecule has 102 valence electrons. The molecule has 19 heavy (non-hydrogen) atoms. The van der Waals surface area contributed by atoms with E-state index < -0.39 is 0 Å². The van der Waals surface area contributed by atoms with E-state index in [1.54, 1.807) is 7.11 Å². The van der Waals surface area contributed by atoms with Crippen LogP contribution >= 0.6 is 27.3 Å². The van der Waals surface area contributed by atoms with Crippen LogP contribution in [-0.2, 0) is 6.54 Å². The number of hydrogen-bond donors (Lipinski definition) is 1. The zero-order chi connectivity index (χ0) is 14.0. The summed E-state index contributed by atoms with van der Waals surface area (Å²) in [5, 5.41) is 3.49. The average Bonchev–Trinajstić information content (AvgIpc) is 2.65. The minimum absolute atomic E-state index is 0.828. The molecule has 1 N–H and O–H groups in total. The van der Waals surface area contributed by atoms with Gasteiger partial charge >= 0.3 is 0 Å². The van der Waals surface area contributed by atoms with Gasteiger partial charge in [0, 0.05) is 20.8 Å². The largest absolute Gasteiger partial charge is 0.495 e. The van der Waals surface area contributed by atoms with Crippen LogP contribution in [0.3, 0.4) is 0 Å². The second kappa shape index (κ2) is 5.97. The van der Waals surface area contributed by atoms with Crippen LogP contribution in [0.25, 0.3) is 0 Å². The zero-order valence-electron chi connectivity index (χ0n) is 11.6. The van der Waals surface area contributed by atoms with Gasteiger partial charge in [-0.25, -0.2) is 0 Å². The summed E-state index contributed by atoms with van der Waals surface area (Å²) >= 11 is 5.34. The highest BCUT2D eigenvalue weighted by molar-refractivity contribution is 9.10. The van der Waals surface area contributed by atoms with Gasteiger partial charge in [-0.05, 0) is 50.1 Å². The Balaban J connectivity index is 2.22. The summed E-state index contributed by atoms with van der Waals surface area (Å²) in [4.78, 5) is 2.73. The predicted molar refractivity (Wildman–Crippen MR) is 86.6 cm³/mol. The van der Waals surface area contributed by atoms with Crippen molar-refractivity contribution in [2.24, 2.45) is 0 Å². The summed E-state index contributed by atoms with van der Waals surface area (Å²) in [6.07, 6.45) is 0. The minimum Gasteiger partial charge on any atom is -0.495 e. The molecule has 0 unspecified atom stereocenters. The van der Waals surface area contributed by atoms with Gasteiger partial charge in [0.1, 0.15) is 5.75 Å². The van der Waals surface area contributed by atoms with Crippen LogP contribution in [0.5, 0.6) is 5.75 Å². The maximum atomic E-state index is 5.44. The second-order valence-electron chi connectivity index (χ2n) is 4.59. The van der Waals surface area contributed by atoms with E-state index in [1.807, 2.05) is 17.4 Å². The molecule has 4 heteroatoms. The maximum Gasteiger partial charge on any atom is 0.143 e. The summed E-state index contributed by atoms with van der Waals surface area (Å²) in [7, 11) is 1.70. The second-order valence-corrected chi connectivity index (χ2v) is 6.97. The van der Waals surface area contributed by atoms with Gasteiger partial charge in [0.15, 0.2) is 0 Å². The van der Waals surface area contributed by atoms with Crippen molar-refractivity contribution in [1.29, 1.82) is 0 Å². The fraction of sp³-hybridized carbons (Fsp3) is 0.333. The Morgan fingerprint density at radius 3 is 2.53 bits per heavy atom. The summed E-state index contributed by atoms with van der Waals surface area (Å²) in [6.45, 7) is 7.23. The third-order valence-electron chi connectivity index (χ3n) is 3.08. The first kappa shape index (κ1) is 14.4. The first-order valence-electron chi connectivity index (χ1n) is 6.15. The highest BCUT2D eigenvalue weighted by Crippen LogP contribution is 2.33. The van der Waals surface area contributed by atoms with E-state index in [0.29, 0.717) is 0 Å². The summed E-state index contributed by atoms with van der Waals surface area (Å²) in [6, 6.07) is 6.32. The van der Waals surface area contributed by atoms with Crippen LogP contribution in [-0.4, -0.2) is 7.11 Å². The third kappa shape index (κ3) is 3.31. The number of thiophene rings is 1. The molecule has 0 saturated heterocycles. The summed E-state index contributed by atoms with van der Waals surface area (Å²) < 4.78 is 6.48. The molecule has 0 atom stereocenters. The summed E-state index contributed by atoms with van der Waals surface area (Å²) in [5.74, 6) is 0.872. The fourth-order valence-corrected chi connectivity index (χ4v) is 3.64. The van der Waals surface area contributed by atoms with Crippen molar-refractivity contribution in [3.05, 3.63) is 43.6 Å². The van der Waals surface area contributed by atoms with Crippen LogP contribution in [0, 0.1) is 20.8 Å². The lowest BCUT2D eigenvalue weighted by atomic mass is 10.1. The topological polar surface area (TPSA) is 21.3 Å². The van der Waals surface area contributed by atoms with Crippen molar-refractivity contribution < 1.29 is 4.74 Å². The number of benzene rings is 1. The quantitative estimate of drug-likeness (QED) is 0.840. The molecule has 1 heterocycles. The number of hydrogen-bond acceptors (Lipinski definition) is 3. The molecule has 0 fully saturated rings. The minimum atomic E-state index is 0.828. The van der Waals surface area contributed by atoms with Crippen molar-refractivity contribution in [2.75, 3.05) is 12.4 Å². The Hall–Kier alpha value is -1.00. The lowest BCUT2D eigenvalue weighted by Crippen LogP contribution is -2.03. The molecule has 0 radical (unpaired) electrons. The molecule has 0 amide bonds. The third-order valence-corrected chi connectivity index (χ3v) is 4.55. The van der Waals surface area contributed by atoms with Gasteiger partial charge in [-0.1, -0.05) is 15.9 Å². The van der Waals surface area contributed by atoms with Crippen molar-refractivity contribution in [3.63, 3.8) is 0 Å². The lowest BCUT2D eigenvalue weighted by Gasteiger charge is -2.14. The van der Waals surface area contributed by atoms with Crippen LogP contribution in [0.4, 0.5) is 5.69 Å². The molecule has 2 rings (SSSR count). The molecule has 1 aromatic heterocycles. The number of aryl methyl sites for hydroxylation is 3. The van der Waals surface area contributed by atoms with E-state index in [4.69, 9.17) is 4.74 Å². The highest BCUT2D eigenvalue weighted by atomic mass is 79.9. The number of rotatable bonds is 4. The van der Waals surface area contributed by atoms with Crippen molar-refractivity contribution in [2.45, 2.75) is 27.3 Å². The van der Waals surface area contributed by atoms with E-state index in [0.717, 1.165) is 22.5 Å². The molecule has 0 aliphatic carbocycles. The fourth-order valence-electron chi connectivity index (χ4n) is 2.14. The number of anilines is 1. The predicted octanol–water partition coefficient (Wildman–Crippen LogP) is 5.06.